The van der Waals surface area contributed by atoms with E-state index in [-0.39, 0.29) is 30.1 Å². The van der Waals surface area contributed by atoms with Crippen molar-refractivity contribution in [3.8, 4) is 0 Å². The van der Waals surface area contributed by atoms with Crippen molar-refractivity contribution in [1.82, 2.24) is 0 Å². The normalized spacial score (nSPS) is 35.8. The Morgan fingerprint density at radius 2 is 2.38 bits per heavy atom. The number of carbonyl (C=O) groups excluding carboxylic acids is 2. The second kappa shape index (κ2) is 2.87. The van der Waals surface area contributed by atoms with Crippen LogP contribution in [-0.2, 0) is 19.1 Å². The van der Waals surface area contributed by atoms with Crippen molar-refractivity contribution in [3.63, 3.8) is 0 Å². The summed E-state index contributed by atoms with van der Waals surface area (Å²) in [4.78, 5) is 21.8. The average Bonchev–Trinajstić information content (AvgIpc) is 2.05. The lowest BCUT2D eigenvalue weighted by Crippen LogP contribution is -2.45. The van der Waals surface area contributed by atoms with Gasteiger partial charge in [0.25, 0.3) is 0 Å². The highest BCUT2D eigenvalue weighted by atomic mass is 16.6. The molecule has 0 unspecified atom stereocenters. The molecule has 4 nitrogen and oxygen atoms in total. The third kappa shape index (κ3) is 1.43. The number of fused-ring (bicyclic) bond motifs is 2. The van der Waals surface area contributed by atoms with E-state index in [1.807, 2.05) is 6.08 Å². The maximum absolute atomic E-state index is 11.1. The molecule has 0 aromatic carbocycles. The molecule has 13 heavy (non-hydrogen) atoms. The number of hydrogen-bond acceptors (Lipinski definition) is 4. The number of hydrogen-bond donors (Lipinski definition) is 0. The van der Waals surface area contributed by atoms with Crippen molar-refractivity contribution in [2.45, 2.75) is 25.6 Å². The molecule has 1 fully saturated rings. The zero-order valence-electron chi connectivity index (χ0n) is 7.23. The molecule has 3 aliphatic rings. The molecule has 2 bridgehead atoms. The zero-order valence-corrected chi connectivity index (χ0v) is 7.23. The van der Waals surface area contributed by atoms with E-state index < -0.39 is 0 Å². The van der Waals surface area contributed by atoms with Gasteiger partial charge in [-0.2, -0.15) is 0 Å². The van der Waals surface area contributed by atoms with Crippen molar-refractivity contribution in [1.29, 1.82) is 0 Å². The summed E-state index contributed by atoms with van der Waals surface area (Å²) in [7, 11) is 0. The van der Waals surface area contributed by atoms with E-state index in [1.165, 1.54) is 6.92 Å². The summed E-state index contributed by atoms with van der Waals surface area (Å²) < 4.78 is 10.0. The highest BCUT2D eigenvalue weighted by Crippen LogP contribution is 2.30. The van der Waals surface area contributed by atoms with Crippen molar-refractivity contribution in [2.24, 2.45) is 5.92 Å². The van der Waals surface area contributed by atoms with Crippen LogP contribution >= 0.6 is 0 Å². The largest absolute Gasteiger partial charge is 0.458 e. The van der Waals surface area contributed by atoms with Crippen LogP contribution in [0.3, 0.4) is 0 Å². The first-order valence-electron chi connectivity index (χ1n) is 4.23. The number of ether oxygens (including phenoxy) is 2. The smallest absolute Gasteiger partial charge is 0.313 e. The standard InChI is InChI=1S/C9H10O4/c1-5(10)12-8-4-6-2-3-7(8)13-9(6)11/h2-3,6-8H,4H2,1H3/t6-,7+,8+/m1/s1. The molecule has 70 valence electrons. The molecule has 0 aromatic heterocycles. The second-order valence-electron chi connectivity index (χ2n) is 3.28. The lowest BCUT2D eigenvalue weighted by atomic mass is 9.88. The van der Waals surface area contributed by atoms with Crippen molar-refractivity contribution >= 4 is 11.9 Å². The van der Waals surface area contributed by atoms with E-state index in [0.29, 0.717) is 6.42 Å². The molecule has 0 radical (unpaired) electrons. The van der Waals surface area contributed by atoms with Crippen LogP contribution in [0.2, 0.25) is 0 Å². The summed E-state index contributed by atoms with van der Waals surface area (Å²) in [6.45, 7) is 1.35. The highest BCUT2D eigenvalue weighted by Gasteiger charge is 2.40. The predicted octanol–water partition coefficient (Wildman–Crippen LogP) is 0.420. The van der Waals surface area contributed by atoms with Crippen LogP contribution in [0.25, 0.3) is 0 Å². The molecule has 0 amide bonds. The van der Waals surface area contributed by atoms with E-state index in [1.54, 1.807) is 6.08 Å². The van der Waals surface area contributed by atoms with Gasteiger partial charge >= 0.3 is 11.9 Å². The maximum atomic E-state index is 11.1. The summed E-state index contributed by atoms with van der Waals surface area (Å²) in [5, 5.41) is 0. The molecule has 4 heteroatoms. The first-order chi connectivity index (χ1) is 6.16. The summed E-state index contributed by atoms with van der Waals surface area (Å²) >= 11 is 0. The molecule has 2 aliphatic heterocycles. The minimum Gasteiger partial charge on any atom is -0.458 e. The zero-order chi connectivity index (χ0) is 9.42. The van der Waals surface area contributed by atoms with E-state index in [0.717, 1.165) is 0 Å². The van der Waals surface area contributed by atoms with Gasteiger partial charge in [0.15, 0.2) is 6.10 Å². The van der Waals surface area contributed by atoms with Crippen LogP contribution in [0.5, 0.6) is 0 Å². The molecule has 0 saturated carbocycles. The highest BCUT2D eigenvalue weighted by molar-refractivity contribution is 5.77. The van der Waals surface area contributed by atoms with Crippen LogP contribution < -0.4 is 0 Å². The first kappa shape index (κ1) is 8.29. The van der Waals surface area contributed by atoms with Gasteiger partial charge in [0.2, 0.25) is 0 Å². The Bertz CT molecular complexity index is 281. The summed E-state index contributed by atoms with van der Waals surface area (Å²) in [6.07, 6.45) is 3.49. The van der Waals surface area contributed by atoms with E-state index >= 15 is 0 Å². The van der Waals surface area contributed by atoms with Gasteiger partial charge in [0, 0.05) is 13.3 Å². The minimum absolute atomic E-state index is 0.212. The predicted molar refractivity (Wildman–Crippen MR) is 42.7 cm³/mol. The number of carbonyl (C=O) groups is 2. The van der Waals surface area contributed by atoms with Crippen LogP contribution in [0.1, 0.15) is 13.3 Å². The molecule has 3 atom stereocenters. The maximum Gasteiger partial charge on any atom is 0.313 e. The van der Waals surface area contributed by atoms with Gasteiger partial charge in [-0.3, -0.25) is 9.59 Å². The summed E-state index contributed by atoms with van der Waals surface area (Å²) in [6, 6.07) is 0. The lowest BCUT2D eigenvalue weighted by molar-refractivity contribution is -0.177. The Balaban J connectivity index is 2.08. The Labute approximate surface area is 75.5 Å². The Morgan fingerprint density at radius 3 is 2.85 bits per heavy atom. The van der Waals surface area contributed by atoms with Crippen molar-refractivity contribution in [3.05, 3.63) is 12.2 Å². The molecule has 3 rings (SSSR count). The van der Waals surface area contributed by atoms with Crippen LogP contribution in [0.4, 0.5) is 0 Å². The first-order valence-corrected chi connectivity index (χ1v) is 4.23. The van der Waals surface area contributed by atoms with E-state index in [9.17, 15) is 9.59 Å². The molecule has 0 spiro atoms. The fourth-order valence-electron chi connectivity index (χ4n) is 1.67. The monoisotopic (exact) mass is 182 g/mol. The summed E-state index contributed by atoms with van der Waals surface area (Å²) in [5.41, 5.74) is 0. The SMILES string of the molecule is CC(=O)O[C@H]1C[C@H]2C=C[C@@H]1OC2=O. The third-order valence-electron chi connectivity index (χ3n) is 2.26. The Kier molecular flexibility index (Phi) is 1.83. The lowest BCUT2D eigenvalue weighted by Gasteiger charge is -2.35. The van der Waals surface area contributed by atoms with Crippen molar-refractivity contribution < 1.29 is 19.1 Å². The quantitative estimate of drug-likeness (QED) is 0.435. The van der Waals surface area contributed by atoms with Gasteiger partial charge in [-0.25, -0.2) is 0 Å². The van der Waals surface area contributed by atoms with Crippen molar-refractivity contribution in [2.75, 3.05) is 0 Å². The van der Waals surface area contributed by atoms with Gasteiger partial charge in [-0.1, -0.05) is 6.08 Å². The van der Waals surface area contributed by atoms with Gasteiger partial charge in [-0.05, 0) is 6.08 Å². The Morgan fingerprint density at radius 1 is 1.62 bits per heavy atom. The number of esters is 2. The summed E-state index contributed by atoms with van der Waals surface area (Å²) in [5.74, 6) is -0.771. The average molecular weight is 182 g/mol. The van der Waals surface area contributed by atoms with Crippen LogP contribution in [0.15, 0.2) is 12.2 Å². The van der Waals surface area contributed by atoms with Crippen LogP contribution in [0, 0.1) is 5.92 Å². The molecule has 0 N–H and O–H groups in total. The Hall–Kier alpha value is -1.32. The minimum atomic E-state index is -0.374. The molecule has 2 heterocycles. The molecular weight excluding hydrogens is 172 g/mol. The topological polar surface area (TPSA) is 52.6 Å². The number of rotatable bonds is 1. The van der Waals surface area contributed by atoms with Gasteiger partial charge in [-0.15, -0.1) is 0 Å². The fraction of sp³-hybridized carbons (Fsp3) is 0.556. The molecule has 1 saturated heterocycles. The van der Waals surface area contributed by atoms with Gasteiger partial charge in [0.1, 0.15) is 6.10 Å². The molecular formula is C9H10O4. The second-order valence-corrected chi connectivity index (χ2v) is 3.28. The molecule has 0 aromatic rings. The third-order valence-corrected chi connectivity index (χ3v) is 2.26. The van der Waals surface area contributed by atoms with E-state index in [4.69, 9.17) is 9.47 Å². The van der Waals surface area contributed by atoms with Crippen LogP contribution in [-0.4, -0.2) is 24.1 Å². The van der Waals surface area contributed by atoms with Gasteiger partial charge in [0.05, 0.1) is 5.92 Å². The fourth-order valence-corrected chi connectivity index (χ4v) is 1.67. The molecule has 1 aliphatic carbocycles. The van der Waals surface area contributed by atoms with Gasteiger partial charge < -0.3 is 9.47 Å². The van der Waals surface area contributed by atoms with E-state index in [2.05, 4.69) is 0 Å².